The van der Waals surface area contributed by atoms with Crippen LogP contribution in [0.1, 0.15) is 155 Å². The maximum atomic E-state index is 13.2. The molecule has 3 aliphatic rings. The molecular formula is C48H89NO18. The number of aliphatic hydroxyl groups excluding tert-OH is 11. The van der Waals surface area contributed by atoms with E-state index in [4.69, 9.17) is 28.4 Å². The second-order valence-corrected chi connectivity index (χ2v) is 18.6. The van der Waals surface area contributed by atoms with Crippen LogP contribution in [0.15, 0.2) is 12.2 Å². The summed E-state index contributed by atoms with van der Waals surface area (Å²) in [7, 11) is 0. The Hall–Kier alpha value is -1.47. The molecule has 3 fully saturated rings. The van der Waals surface area contributed by atoms with Crippen molar-refractivity contribution in [3.8, 4) is 0 Å². The minimum Gasteiger partial charge on any atom is -0.394 e. The Kier molecular flexibility index (Phi) is 30.4. The van der Waals surface area contributed by atoms with E-state index in [9.17, 15) is 61.0 Å². The van der Waals surface area contributed by atoms with Crippen LogP contribution in [-0.2, 0) is 33.2 Å². The maximum Gasteiger partial charge on any atom is 0.220 e. The molecule has 3 rings (SSSR count). The van der Waals surface area contributed by atoms with Crippen LogP contribution in [0.5, 0.6) is 0 Å². The molecule has 0 saturated carbocycles. The van der Waals surface area contributed by atoms with Crippen molar-refractivity contribution in [3.05, 3.63) is 12.2 Å². The topological polar surface area (TPSA) is 307 Å². The van der Waals surface area contributed by atoms with Gasteiger partial charge in [-0.1, -0.05) is 142 Å². The molecule has 3 heterocycles. The summed E-state index contributed by atoms with van der Waals surface area (Å²) in [5.74, 6) is -0.280. The van der Waals surface area contributed by atoms with Crippen molar-refractivity contribution in [3.63, 3.8) is 0 Å². The lowest BCUT2D eigenvalue weighted by molar-refractivity contribution is -0.379. The SMILES string of the molecule is CCCCCCC/C=C/C(O)C(COC1OC(CO)C(OC2OC(CO)C(OC3OC(CO)C(O)C(O)C3O)C(O)C2O)C(O)C1O)NC(=O)CCCCCCCCCCCCCCCCC. The lowest BCUT2D eigenvalue weighted by atomic mass is 9.96. The van der Waals surface area contributed by atoms with Crippen LogP contribution in [0.3, 0.4) is 0 Å². The molecule has 0 aromatic rings. The highest BCUT2D eigenvalue weighted by molar-refractivity contribution is 5.76. The molecule has 19 heteroatoms. The van der Waals surface area contributed by atoms with Gasteiger partial charge in [0.25, 0.3) is 0 Å². The maximum absolute atomic E-state index is 13.2. The van der Waals surface area contributed by atoms with Crippen molar-refractivity contribution in [2.24, 2.45) is 0 Å². The summed E-state index contributed by atoms with van der Waals surface area (Å²) in [5.41, 5.74) is 0. The second kappa shape index (κ2) is 34.0. The van der Waals surface area contributed by atoms with E-state index >= 15 is 0 Å². The number of carbonyl (C=O) groups is 1. The predicted molar refractivity (Wildman–Crippen MR) is 245 cm³/mol. The molecule has 12 N–H and O–H groups in total. The van der Waals surface area contributed by atoms with Gasteiger partial charge in [0.2, 0.25) is 5.91 Å². The highest BCUT2D eigenvalue weighted by Crippen LogP contribution is 2.33. The predicted octanol–water partition coefficient (Wildman–Crippen LogP) is 1.48. The first-order valence-electron chi connectivity index (χ1n) is 25.4. The van der Waals surface area contributed by atoms with Gasteiger partial charge in [-0.3, -0.25) is 4.79 Å². The summed E-state index contributed by atoms with van der Waals surface area (Å²) < 4.78 is 34.0. The minimum atomic E-state index is -1.97. The number of amides is 1. The molecule has 0 aromatic heterocycles. The van der Waals surface area contributed by atoms with Crippen LogP contribution in [0, 0.1) is 0 Å². The fraction of sp³-hybridized carbons (Fsp3) is 0.938. The van der Waals surface area contributed by atoms with E-state index in [0.717, 1.165) is 57.8 Å². The number of carbonyl (C=O) groups excluding carboxylic acids is 1. The summed E-state index contributed by atoms with van der Waals surface area (Å²) in [6, 6.07) is -0.962. The fourth-order valence-corrected chi connectivity index (χ4v) is 8.78. The number of ether oxygens (including phenoxy) is 6. The Labute approximate surface area is 397 Å². The Morgan fingerprint density at radius 3 is 1.40 bits per heavy atom. The first kappa shape index (κ1) is 59.8. The molecule has 17 atom stereocenters. The highest BCUT2D eigenvalue weighted by atomic mass is 16.8. The zero-order chi connectivity index (χ0) is 49.1. The zero-order valence-electron chi connectivity index (χ0n) is 40.1. The third kappa shape index (κ3) is 20.3. The minimum absolute atomic E-state index is 0.247. The molecule has 3 aliphatic heterocycles. The van der Waals surface area contributed by atoms with E-state index in [2.05, 4.69) is 19.2 Å². The third-order valence-electron chi connectivity index (χ3n) is 13.1. The highest BCUT2D eigenvalue weighted by Gasteiger charge is 2.53. The molecule has 1 amide bonds. The van der Waals surface area contributed by atoms with Crippen LogP contribution in [0.25, 0.3) is 0 Å². The van der Waals surface area contributed by atoms with E-state index in [0.29, 0.717) is 6.42 Å². The van der Waals surface area contributed by atoms with Gasteiger partial charge in [-0.05, 0) is 19.3 Å². The average Bonchev–Trinajstić information content (AvgIpc) is 3.32. The van der Waals surface area contributed by atoms with Gasteiger partial charge in [0.1, 0.15) is 73.2 Å². The number of unbranched alkanes of at least 4 members (excludes halogenated alkanes) is 19. The van der Waals surface area contributed by atoms with Gasteiger partial charge in [-0.25, -0.2) is 0 Å². The first-order chi connectivity index (χ1) is 32.3. The quantitative estimate of drug-likeness (QED) is 0.0316. The van der Waals surface area contributed by atoms with Gasteiger partial charge < -0.3 is 89.9 Å². The molecular weight excluding hydrogens is 879 g/mol. The molecule has 3 saturated heterocycles. The lowest BCUT2D eigenvalue weighted by Gasteiger charge is -2.48. The molecule has 0 aromatic carbocycles. The molecule has 19 nitrogen and oxygen atoms in total. The molecule has 0 bridgehead atoms. The molecule has 394 valence electrons. The number of hydrogen-bond donors (Lipinski definition) is 12. The van der Waals surface area contributed by atoms with Crippen molar-refractivity contribution in [1.82, 2.24) is 5.32 Å². The monoisotopic (exact) mass is 968 g/mol. The van der Waals surface area contributed by atoms with Gasteiger partial charge in [-0.15, -0.1) is 0 Å². The third-order valence-corrected chi connectivity index (χ3v) is 13.1. The van der Waals surface area contributed by atoms with Crippen LogP contribution < -0.4 is 5.32 Å². The standard InChI is InChI=1S/C48H89NO18/c1-3-5-7-9-11-12-13-14-15-16-17-18-20-22-24-26-36(54)49-31(32(53)25-23-21-19-10-8-6-4-2)30-62-46-42(60)39(57)44(34(28-51)64-46)67-48-43(61)40(58)45(35(29-52)65-48)66-47-41(59)38(56)37(55)33(27-50)63-47/h23,25,31-35,37-48,50-53,55-61H,3-22,24,26-30H2,1-2H3,(H,49,54)/b25-23+. The molecule has 67 heavy (non-hydrogen) atoms. The van der Waals surface area contributed by atoms with Crippen molar-refractivity contribution in [2.45, 2.75) is 259 Å². The van der Waals surface area contributed by atoms with Crippen LogP contribution >= 0.6 is 0 Å². The van der Waals surface area contributed by atoms with Gasteiger partial charge >= 0.3 is 0 Å². The van der Waals surface area contributed by atoms with Gasteiger partial charge in [0.05, 0.1) is 38.6 Å². The van der Waals surface area contributed by atoms with E-state index in [1.807, 2.05) is 6.08 Å². The Morgan fingerprint density at radius 1 is 0.522 bits per heavy atom. The van der Waals surface area contributed by atoms with Crippen LogP contribution in [0.2, 0.25) is 0 Å². The molecule has 17 unspecified atom stereocenters. The Bertz CT molecular complexity index is 1300. The smallest absolute Gasteiger partial charge is 0.220 e. The summed E-state index contributed by atoms with van der Waals surface area (Å²) in [6.07, 6.45) is 1.09. The Morgan fingerprint density at radius 2 is 0.925 bits per heavy atom. The molecule has 0 radical (unpaired) electrons. The van der Waals surface area contributed by atoms with Gasteiger partial charge in [-0.2, -0.15) is 0 Å². The largest absolute Gasteiger partial charge is 0.394 e. The number of nitrogens with one attached hydrogen (secondary N) is 1. The van der Waals surface area contributed by atoms with Crippen LogP contribution in [0.4, 0.5) is 0 Å². The normalized spacial score (nSPS) is 33.5. The average molecular weight is 968 g/mol. The van der Waals surface area contributed by atoms with Crippen molar-refractivity contribution < 1.29 is 89.4 Å². The van der Waals surface area contributed by atoms with Gasteiger partial charge in [0, 0.05) is 6.42 Å². The zero-order valence-corrected chi connectivity index (χ0v) is 40.1. The number of rotatable bonds is 35. The first-order valence-corrected chi connectivity index (χ1v) is 25.4. The lowest BCUT2D eigenvalue weighted by Crippen LogP contribution is -2.66. The van der Waals surface area contributed by atoms with Gasteiger partial charge in [0.15, 0.2) is 18.9 Å². The van der Waals surface area contributed by atoms with Crippen molar-refractivity contribution in [1.29, 1.82) is 0 Å². The van der Waals surface area contributed by atoms with E-state index in [-0.39, 0.29) is 18.9 Å². The van der Waals surface area contributed by atoms with Crippen molar-refractivity contribution >= 4 is 5.91 Å². The summed E-state index contributed by atoms with van der Waals surface area (Å²) in [5, 5.41) is 119. The van der Waals surface area contributed by atoms with E-state index in [1.54, 1.807) is 6.08 Å². The number of hydrogen-bond acceptors (Lipinski definition) is 18. The molecule has 0 aliphatic carbocycles. The summed E-state index contributed by atoms with van der Waals surface area (Å²) in [6.45, 7) is 1.62. The number of aliphatic hydroxyl groups is 11. The van der Waals surface area contributed by atoms with Crippen LogP contribution in [-0.4, -0.2) is 193 Å². The Balaban J connectivity index is 1.53. The second-order valence-electron chi connectivity index (χ2n) is 18.6. The summed E-state index contributed by atoms with van der Waals surface area (Å²) >= 11 is 0. The van der Waals surface area contributed by atoms with E-state index in [1.165, 1.54) is 70.6 Å². The molecule has 0 spiro atoms. The van der Waals surface area contributed by atoms with E-state index < -0.39 is 124 Å². The van der Waals surface area contributed by atoms with Crippen molar-refractivity contribution in [2.75, 3.05) is 26.4 Å². The summed E-state index contributed by atoms with van der Waals surface area (Å²) in [4.78, 5) is 13.2. The fourth-order valence-electron chi connectivity index (χ4n) is 8.78. The number of allylic oxidation sites excluding steroid dienone is 1.